The molecular formula is C26H32N4O3. The maximum absolute atomic E-state index is 13.3. The van der Waals surface area contributed by atoms with Crippen LogP contribution in [0.15, 0.2) is 60.7 Å². The van der Waals surface area contributed by atoms with Gasteiger partial charge in [-0.1, -0.05) is 36.4 Å². The lowest BCUT2D eigenvalue weighted by atomic mass is 10.1. The molecule has 3 amide bonds. The molecule has 4 rings (SSSR count). The highest BCUT2D eigenvalue weighted by atomic mass is 16.2. The molecule has 2 saturated heterocycles. The van der Waals surface area contributed by atoms with Gasteiger partial charge in [-0.25, -0.2) is 0 Å². The number of piperazine rings is 1. The molecule has 0 N–H and O–H groups in total. The minimum absolute atomic E-state index is 0.0252. The normalized spacial score (nSPS) is 19.1. The van der Waals surface area contributed by atoms with Crippen LogP contribution in [-0.4, -0.2) is 85.3 Å². The molecule has 0 spiro atoms. The average molecular weight is 449 g/mol. The van der Waals surface area contributed by atoms with Gasteiger partial charge < -0.3 is 14.7 Å². The van der Waals surface area contributed by atoms with Crippen LogP contribution in [0.1, 0.15) is 23.2 Å². The van der Waals surface area contributed by atoms with Crippen molar-refractivity contribution < 1.29 is 14.4 Å². The van der Waals surface area contributed by atoms with Gasteiger partial charge in [-0.15, -0.1) is 0 Å². The fourth-order valence-corrected chi connectivity index (χ4v) is 4.61. The monoisotopic (exact) mass is 448 g/mol. The molecule has 0 aliphatic carbocycles. The highest BCUT2D eigenvalue weighted by molar-refractivity contribution is 5.99. The van der Waals surface area contributed by atoms with Crippen LogP contribution in [0.2, 0.25) is 0 Å². The van der Waals surface area contributed by atoms with E-state index in [1.165, 1.54) is 0 Å². The fourth-order valence-electron chi connectivity index (χ4n) is 4.61. The van der Waals surface area contributed by atoms with Crippen LogP contribution in [0.25, 0.3) is 0 Å². The average Bonchev–Trinajstić information content (AvgIpc) is 3.20. The molecule has 2 aromatic rings. The van der Waals surface area contributed by atoms with Gasteiger partial charge in [-0.2, -0.15) is 0 Å². The highest BCUT2D eigenvalue weighted by Crippen LogP contribution is 2.23. The first kappa shape index (κ1) is 23.0. The molecule has 2 aliphatic rings. The van der Waals surface area contributed by atoms with Crippen LogP contribution in [0.3, 0.4) is 0 Å². The summed E-state index contributed by atoms with van der Waals surface area (Å²) in [7, 11) is 1.75. The number of carbonyl (C=O) groups excluding carboxylic acids is 3. The van der Waals surface area contributed by atoms with E-state index in [0.29, 0.717) is 26.2 Å². The topological polar surface area (TPSA) is 64.2 Å². The van der Waals surface area contributed by atoms with Gasteiger partial charge in [0, 0.05) is 64.0 Å². The number of carbonyl (C=O) groups is 3. The van der Waals surface area contributed by atoms with Crippen molar-refractivity contribution in [3.05, 3.63) is 66.2 Å². The van der Waals surface area contributed by atoms with Crippen LogP contribution in [0, 0.1) is 5.92 Å². The van der Waals surface area contributed by atoms with E-state index in [1.807, 2.05) is 70.5 Å². The fraction of sp³-hybridized carbons (Fsp3) is 0.423. The Hall–Kier alpha value is -3.19. The van der Waals surface area contributed by atoms with Crippen molar-refractivity contribution in [1.82, 2.24) is 14.7 Å². The third kappa shape index (κ3) is 5.60. The standard InChI is InChI=1S/C26H32N4O3/c1-27-20-22(19-24(27)31)26(33)30(23-11-6-3-7-12-23)14-8-13-28-15-17-29(18-16-28)25(32)21-9-4-2-5-10-21/h2-7,9-12,22H,8,13-20H2,1H3. The van der Waals surface area contributed by atoms with Gasteiger partial charge in [0.2, 0.25) is 11.8 Å². The third-order valence-electron chi connectivity index (χ3n) is 6.56. The minimum atomic E-state index is -0.282. The van der Waals surface area contributed by atoms with Crippen molar-refractivity contribution in [2.24, 2.45) is 5.92 Å². The van der Waals surface area contributed by atoms with Crippen molar-refractivity contribution in [3.8, 4) is 0 Å². The summed E-state index contributed by atoms with van der Waals surface area (Å²) >= 11 is 0. The summed E-state index contributed by atoms with van der Waals surface area (Å²) in [6.07, 6.45) is 1.12. The lowest BCUT2D eigenvalue weighted by Crippen LogP contribution is -2.49. The molecule has 7 heteroatoms. The molecule has 2 aliphatic heterocycles. The number of benzene rings is 2. The molecule has 2 aromatic carbocycles. The first-order valence-corrected chi connectivity index (χ1v) is 11.7. The first-order chi connectivity index (χ1) is 16.0. The van der Waals surface area contributed by atoms with Crippen molar-refractivity contribution in [3.63, 3.8) is 0 Å². The molecule has 0 saturated carbocycles. The quantitative estimate of drug-likeness (QED) is 0.652. The third-order valence-corrected chi connectivity index (χ3v) is 6.56. The molecule has 33 heavy (non-hydrogen) atoms. The van der Waals surface area contributed by atoms with Crippen molar-refractivity contribution >= 4 is 23.4 Å². The van der Waals surface area contributed by atoms with Crippen molar-refractivity contribution in [2.75, 3.05) is 57.8 Å². The van der Waals surface area contributed by atoms with E-state index in [0.717, 1.165) is 37.3 Å². The lowest BCUT2D eigenvalue weighted by molar-refractivity contribution is -0.127. The summed E-state index contributed by atoms with van der Waals surface area (Å²) in [6, 6.07) is 19.1. The van der Waals surface area contributed by atoms with E-state index in [1.54, 1.807) is 11.9 Å². The Morgan fingerprint density at radius 3 is 2.18 bits per heavy atom. The van der Waals surface area contributed by atoms with Gasteiger partial charge in [0.25, 0.3) is 5.91 Å². The van der Waals surface area contributed by atoms with Crippen molar-refractivity contribution in [2.45, 2.75) is 12.8 Å². The first-order valence-electron chi connectivity index (χ1n) is 11.7. The van der Waals surface area contributed by atoms with Crippen LogP contribution < -0.4 is 4.90 Å². The molecule has 7 nitrogen and oxygen atoms in total. The molecule has 174 valence electrons. The van der Waals surface area contributed by atoms with E-state index < -0.39 is 0 Å². The Bertz CT molecular complexity index is 958. The van der Waals surface area contributed by atoms with Gasteiger partial charge in [0.1, 0.15) is 0 Å². The van der Waals surface area contributed by atoms with Gasteiger partial charge in [0.05, 0.1) is 5.92 Å². The Morgan fingerprint density at radius 2 is 1.58 bits per heavy atom. The Balaban J connectivity index is 1.29. The summed E-state index contributed by atoms with van der Waals surface area (Å²) < 4.78 is 0. The Labute approximate surface area is 195 Å². The summed E-state index contributed by atoms with van der Waals surface area (Å²) in [4.78, 5) is 45.6. The van der Waals surface area contributed by atoms with E-state index in [9.17, 15) is 14.4 Å². The second-order valence-electron chi connectivity index (χ2n) is 8.85. The molecule has 1 unspecified atom stereocenters. The summed E-state index contributed by atoms with van der Waals surface area (Å²) in [5.74, 6) is -0.135. The SMILES string of the molecule is CN1CC(C(=O)N(CCCN2CCN(C(=O)c3ccccc3)CC2)c2ccccc2)CC1=O. The molecule has 2 fully saturated rings. The highest BCUT2D eigenvalue weighted by Gasteiger charge is 2.35. The lowest BCUT2D eigenvalue weighted by Gasteiger charge is -2.35. The zero-order valence-corrected chi connectivity index (χ0v) is 19.2. The molecule has 0 radical (unpaired) electrons. The molecule has 1 atom stereocenters. The largest absolute Gasteiger partial charge is 0.345 e. The second kappa shape index (κ2) is 10.6. The maximum Gasteiger partial charge on any atom is 0.253 e. The van der Waals surface area contributed by atoms with E-state index in [4.69, 9.17) is 0 Å². The van der Waals surface area contributed by atoms with Crippen LogP contribution in [0.4, 0.5) is 5.69 Å². The second-order valence-corrected chi connectivity index (χ2v) is 8.85. The number of hydrogen-bond donors (Lipinski definition) is 0. The van der Waals surface area contributed by atoms with Gasteiger partial charge in [-0.3, -0.25) is 19.3 Å². The number of likely N-dealkylation sites (tertiary alicyclic amines) is 1. The van der Waals surface area contributed by atoms with Crippen LogP contribution >= 0.6 is 0 Å². The zero-order valence-electron chi connectivity index (χ0n) is 19.2. The zero-order chi connectivity index (χ0) is 23.2. The van der Waals surface area contributed by atoms with Gasteiger partial charge in [-0.05, 0) is 37.2 Å². The molecular weight excluding hydrogens is 416 g/mol. The Morgan fingerprint density at radius 1 is 0.939 bits per heavy atom. The minimum Gasteiger partial charge on any atom is -0.345 e. The summed E-state index contributed by atoms with van der Waals surface area (Å²) in [6.45, 7) is 5.06. The smallest absolute Gasteiger partial charge is 0.253 e. The summed E-state index contributed by atoms with van der Waals surface area (Å²) in [5, 5.41) is 0. The number of para-hydroxylation sites is 1. The molecule has 0 bridgehead atoms. The summed E-state index contributed by atoms with van der Waals surface area (Å²) in [5.41, 5.74) is 1.61. The number of nitrogens with zero attached hydrogens (tertiary/aromatic N) is 4. The predicted molar refractivity (Wildman–Crippen MR) is 128 cm³/mol. The van der Waals surface area contributed by atoms with E-state index >= 15 is 0 Å². The van der Waals surface area contributed by atoms with Crippen molar-refractivity contribution in [1.29, 1.82) is 0 Å². The molecule has 0 aromatic heterocycles. The number of hydrogen-bond acceptors (Lipinski definition) is 4. The Kier molecular flexibility index (Phi) is 7.40. The van der Waals surface area contributed by atoms with E-state index in [2.05, 4.69) is 4.90 Å². The van der Waals surface area contributed by atoms with Crippen LogP contribution in [0.5, 0.6) is 0 Å². The maximum atomic E-state index is 13.3. The van der Waals surface area contributed by atoms with E-state index in [-0.39, 0.29) is 30.1 Å². The number of amides is 3. The number of rotatable bonds is 7. The number of anilines is 1. The molecule has 2 heterocycles. The van der Waals surface area contributed by atoms with Gasteiger partial charge in [0.15, 0.2) is 0 Å². The van der Waals surface area contributed by atoms with Crippen LogP contribution in [-0.2, 0) is 9.59 Å². The van der Waals surface area contributed by atoms with Gasteiger partial charge >= 0.3 is 0 Å². The predicted octanol–water partition coefficient (Wildman–Crippen LogP) is 2.35.